The Morgan fingerprint density at radius 3 is 2.81 bits per heavy atom. The second-order valence-electron chi connectivity index (χ2n) is 4.65. The first-order chi connectivity index (χ1) is 10.1. The molecule has 0 aliphatic rings. The highest BCUT2D eigenvalue weighted by Gasteiger charge is 2.12. The van der Waals surface area contributed by atoms with Crippen LogP contribution in [0.1, 0.15) is 33.1 Å². The van der Waals surface area contributed by atoms with Crippen LogP contribution in [-0.2, 0) is 11.3 Å². The largest absolute Gasteiger partial charge is 0.316 e. The lowest BCUT2D eigenvalue weighted by Gasteiger charge is -2.00. The number of amides is 1. The zero-order chi connectivity index (χ0) is 15.4. The van der Waals surface area contributed by atoms with E-state index in [-0.39, 0.29) is 11.6 Å². The number of non-ortho nitro benzene ring substituents is 1. The van der Waals surface area contributed by atoms with E-state index in [0.717, 1.165) is 23.1 Å². The molecule has 2 aromatic rings. The molecule has 0 aliphatic heterocycles. The van der Waals surface area contributed by atoms with Crippen LogP contribution in [0.15, 0.2) is 23.2 Å². The SMILES string of the molecule is CCCCC(=O)N=c1sc2ccc([N+](=O)[O-])cc2n1CC. The summed E-state index contributed by atoms with van der Waals surface area (Å²) in [5.41, 5.74) is 0.796. The van der Waals surface area contributed by atoms with Gasteiger partial charge in [-0.05, 0) is 19.4 Å². The molecule has 1 heterocycles. The van der Waals surface area contributed by atoms with Crippen molar-refractivity contribution in [3.8, 4) is 0 Å². The van der Waals surface area contributed by atoms with E-state index >= 15 is 0 Å². The van der Waals surface area contributed by atoms with Gasteiger partial charge >= 0.3 is 0 Å². The molecule has 0 N–H and O–H groups in total. The molecular formula is C14H17N3O3S. The van der Waals surface area contributed by atoms with E-state index in [2.05, 4.69) is 4.99 Å². The van der Waals surface area contributed by atoms with E-state index in [1.165, 1.54) is 23.5 Å². The van der Waals surface area contributed by atoms with Crippen molar-refractivity contribution in [3.05, 3.63) is 33.1 Å². The van der Waals surface area contributed by atoms with Crippen molar-refractivity contribution in [2.45, 2.75) is 39.7 Å². The summed E-state index contributed by atoms with van der Waals surface area (Å²) in [7, 11) is 0. The maximum absolute atomic E-state index is 11.8. The predicted molar refractivity (Wildman–Crippen MR) is 82.2 cm³/mol. The van der Waals surface area contributed by atoms with Gasteiger partial charge in [-0.2, -0.15) is 4.99 Å². The van der Waals surface area contributed by atoms with Gasteiger partial charge in [0.15, 0.2) is 4.80 Å². The molecule has 1 aromatic heterocycles. The Balaban J connectivity index is 2.52. The second-order valence-corrected chi connectivity index (χ2v) is 5.66. The number of benzene rings is 1. The molecule has 0 saturated carbocycles. The van der Waals surface area contributed by atoms with Crippen molar-refractivity contribution in [2.24, 2.45) is 4.99 Å². The van der Waals surface area contributed by atoms with Crippen LogP contribution in [0.3, 0.4) is 0 Å². The van der Waals surface area contributed by atoms with E-state index in [9.17, 15) is 14.9 Å². The Labute approximate surface area is 125 Å². The monoisotopic (exact) mass is 307 g/mol. The zero-order valence-electron chi connectivity index (χ0n) is 12.0. The van der Waals surface area contributed by atoms with Crippen molar-refractivity contribution in [3.63, 3.8) is 0 Å². The molecule has 1 amide bonds. The molecule has 0 fully saturated rings. The number of carbonyl (C=O) groups excluding carboxylic acids is 1. The highest BCUT2D eigenvalue weighted by Crippen LogP contribution is 2.23. The third-order valence-corrected chi connectivity index (χ3v) is 4.22. The second kappa shape index (κ2) is 6.62. The van der Waals surface area contributed by atoms with Crippen molar-refractivity contribution >= 4 is 33.1 Å². The summed E-state index contributed by atoms with van der Waals surface area (Å²) in [4.78, 5) is 27.0. The molecule has 7 heteroatoms. The number of aryl methyl sites for hydroxylation is 1. The highest BCUT2D eigenvalue weighted by molar-refractivity contribution is 7.16. The molecule has 21 heavy (non-hydrogen) atoms. The van der Waals surface area contributed by atoms with Gasteiger partial charge in [0.2, 0.25) is 5.91 Å². The van der Waals surface area contributed by atoms with Crippen molar-refractivity contribution in [2.75, 3.05) is 0 Å². The van der Waals surface area contributed by atoms with E-state index in [1.807, 2.05) is 18.4 Å². The number of nitro groups is 1. The van der Waals surface area contributed by atoms with E-state index in [0.29, 0.717) is 17.8 Å². The molecule has 0 spiro atoms. The summed E-state index contributed by atoms with van der Waals surface area (Å²) in [6, 6.07) is 4.71. The Hall–Kier alpha value is -2.02. The zero-order valence-corrected chi connectivity index (χ0v) is 12.9. The maximum Gasteiger partial charge on any atom is 0.271 e. The lowest BCUT2D eigenvalue weighted by Crippen LogP contribution is -2.15. The van der Waals surface area contributed by atoms with Crippen molar-refractivity contribution in [1.82, 2.24) is 4.57 Å². The number of aromatic nitrogens is 1. The van der Waals surface area contributed by atoms with Crippen LogP contribution in [0, 0.1) is 10.1 Å². The van der Waals surface area contributed by atoms with Gasteiger partial charge < -0.3 is 4.57 Å². The lowest BCUT2D eigenvalue weighted by molar-refractivity contribution is -0.384. The van der Waals surface area contributed by atoms with Crippen LogP contribution in [0.4, 0.5) is 5.69 Å². The molecule has 0 bridgehead atoms. The summed E-state index contributed by atoms with van der Waals surface area (Å²) >= 11 is 1.38. The highest BCUT2D eigenvalue weighted by atomic mass is 32.1. The molecule has 6 nitrogen and oxygen atoms in total. The summed E-state index contributed by atoms with van der Waals surface area (Å²) in [6.45, 7) is 4.57. The first-order valence-corrected chi connectivity index (χ1v) is 7.73. The Morgan fingerprint density at radius 2 is 2.19 bits per heavy atom. The quantitative estimate of drug-likeness (QED) is 0.628. The summed E-state index contributed by atoms with van der Waals surface area (Å²) in [5, 5.41) is 10.9. The number of nitrogens with zero attached hydrogens (tertiary/aromatic N) is 3. The Kier molecular flexibility index (Phi) is 4.85. The summed E-state index contributed by atoms with van der Waals surface area (Å²) in [6.07, 6.45) is 2.22. The molecule has 0 aliphatic carbocycles. The number of thiazole rings is 1. The van der Waals surface area contributed by atoms with E-state index in [4.69, 9.17) is 0 Å². The first kappa shape index (κ1) is 15.4. The maximum atomic E-state index is 11.8. The molecule has 112 valence electrons. The number of fused-ring (bicyclic) bond motifs is 1. The minimum Gasteiger partial charge on any atom is -0.316 e. The van der Waals surface area contributed by atoms with Crippen LogP contribution in [0.5, 0.6) is 0 Å². The van der Waals surface area contributed by atoms with Gasteiger partial charge in [-0.1, -0.05) is 24.7 Å². The topological polar surface area (TPSA) is 77.5 Å². The Bertz CT molecular complexity index is 745. The number of hydrogen-bond acceptors (Lipinski definition) is 4. The van der Waals surface area contributed by atoms with Crippen LogP contribution < -0.4 is 4.80 Å². The lowest BCUT2D eigenvalue weighted by atomic mass is 10.2. The van der Waals surface area contributed by atoms with Gasteiger partial charge in [-0.3, -0.25) is 14.9 Å². The van der Waals surface area contributed by atoms with Gasteiger partial charge in [-0.25, -0.2) is 0 Å². The smallest absolute Gasteiger partial charge is 0.271 e. The summed E-state index contributed by atoms with van der Waals surface area (Å²) in [5.74, 6) is -0.139. The average molecular weight is 307 g/mol. The van der Waals surface area contributed by atoms with Crippen LogP contribution in [-0.4, -0.2) is 15.4 Å². The molecule has 0 unspecified atom stereocenters. The molecule has 0 saturated heterocycles. The third-order valence-electron chi connectivity index (χ3n) is 3.16. The van der Waals surface area contributed by atoms with Gasteiger partial charge in [0.1, 0.15) is 0 Å². The fourth-order valence-corrected chi connectivity index (χ4v) is 3.14. The van der Waals surface area contributed by atoms with Crippen molar-refractivity contribution in [1.29, 1.82) is 0 Å². The fourth-order valence-electron chi connectivity index (χ4n) is 2.05. The van der Waals surface area contributed by atoms with Crippen molar-refractivity contribution < 1.29 is 9.72 Å². The molecule has 0 atom stereocenters. The summed E-state index contributed by atoms with van der Waals surface area (Å²) < 4.78 is 2.74. The number of unbranched alkanes of at least 4 members (excludes halogenated alkanes) is 1. The van der Waals surface area contributed by atoms with Crippen LogP contribution in [0.25, 0.3) is 10.2 Å². The third kappa shape index (κ3) is 3.36. The fraction of sp³-hybridized carbons (Fsp3) is 0.429. The van der Waals surface area contributed by atoms with Crippen LogP contribution >= 0.6 is 11.3 Å². The molecular weight excluding hydrogens is 290 g/mol. The number of carbonyl (C=O) groups is 1. The average Bonchev–Trinajstić information content (AvgIpc) is 2.80. The first-order valence-electron chi connectivity index (χ1n) is 6.92. The van der Waals surface area contributed by atoms with E-state index in [1.54, 1.807) is 6.07 Å². The Morgan fingerprint density at radius 1 is 1.43 bits per heavy atom. The minimum absolute atomic E-state index is 0.0476. The number of hydrogen-bond donors (Lipinski definition) is 0. The predicted octanol–water partition coefficient (Wildman–Crippen LogP) is 3.25. The van der Waals surface area contributed by atoms with Gasteiger partial charge in [-0.15, -0.1) is 0 Å². The standard InChI is InChI=1S/C14H17N3O3S/c1-3-5-6-13(18)15-14-16(4-2)11-9-10(17(19)20)7-8-12(11)21-14/h7-9H,3-6H2,1-2H3. The van der Waals surface area contributed by atoms with Gasteiger partial charge in [0.25, 0.3) is 5.69 Å². The number of nitro benzene ring substituents is 1. The van der Waals surface area contributed by atoms with Crippen LogP contribution in [0.2, 0.25) is 0 Å². The van der Waals surface area contributed by atoms with E-state index < -0.39 is 4.92 Å². The van der Waals surface area contributed by atoms with Gasteiger partial charge in [0.05, 0.1) is 15.1 Å². The number of rotatable bonds is 5. The molecule has 1 aromatic carbocycles. The minimum atomic E-state index is -0.416. The normalized spacial score (nSPS) is 12.0. The molecule has 0 radical (unpaired) electrons. The molecule has 2 rings (SSSR count). The van der Waals surface area contributed by atoms with Gasteiger partial charge in [0, 0.05) is 25.1 Å².